The van der Waals surface area contributed by atoms with E-state index in [-0.39, 0.29) is 11.9 Å². The fourth-order valence-corrected chi connectivity index (χ4v) is 3.12. The number of ether oxygens (including phenoxy) is 1. The zero-order valence-electron chi connectivity index (χ0n) is 14.5. The molecular formula is C20H25NO2S. The largest absolute Gasteiger partial charge is 0.492 e. The molecule has 0 saturated heterocycles. The van der Waals surface area contributed by atoms with Crippen LogP contribution in [0.3, 0.4) is 0 Å². The van der Waals surface area contributed by atoms with Crippen molar-refractivity contribution >= 4 is 17.7 Å². The molecular weight excluding hydrogens is 318 g/mol. The van der Waals surface area contributed by atoms with Crippen LogP contribution in [0.1, 0.15) is 29.7 Å². The van der Waals surface area contributed by atoms with E-state index in [2.05, 4.69) is 5.32 Å². The quantitative estimate of drug-likeness (QED) is 0.727. The number of para-hydroxylation sites is 1. The number of thioether (sulfide) groups is 1. The third-order valence-electron chi connectivity index (χ3n) is 3.79. The van der Waals surface area contributed by atoms with Crippen LogP contribution in [0.25, 0.3) is 0 Å². The van der Waals surface area contributed by atoms with Gasteiger partial charge in [0.2, 0.25) is 5.91 Å². The van der Waals surface area contributed by atoms with Crippen molar-refractivity contribution in [1.29, 1.82) is 0 Å². The first-order valence-electron chi connectivity index (χ1n) is 8.19. The van der Waals surface area contributed by atoms with Crippen LogP contribution in [0.4, 0.5) is 0 Å². The third-order valence-corrected chi connectivity index (χ3v) is 4.71. The summed E-state index contributed by atoms with van der Waals surface area (Å²) in [5.41, 5.74) is 3.41. The maximum Gasteiger partial charge on any atom is 0.230 e. The summed E-state index contributed by atoms with van der Waals surface area (Å²) < 4.78 is 5.85. The van der Waals surface area contributed by atoms with E-state index >= 15 is 0 Å². The number of rotatable bonds is 8. The van der Waals surface area contributed by atoms with E-state index in [1.807, 2.05) is 69.3 Å². The normalized spacial score (nSPS) is 11.8. The summed E-state index contributed by atoms with van der Waals surface area (Å²) in [6, 6.07) is 16.2. The lowest BCUT2D eigenvalue weighted by molar-refractivity contribution is -0.119. The molecule has 2 aromatic carbocycles. The summed E-state index contributed by atoms with van der Waals surface area (Å²) in [7, 11) is 0. The van der Waals surface area contributed by atoms with Gasteiger partial charge in [-0.2, -0.15) is 0 Å². The van der Waals surface area contributed by atoms with Crippen LogP contribution in [-0.2, 0) is 4.79 Å². The average molecular weight is 343 g/mol. The van der Waals surface area contributed by atoms with E-state index in [0.717, 1.165) is 28.2 Å². The molecule has 1 amide bonds. The Labute approximate surface area is 148 Å². The molecule has 3 nitrogen and oxygen atoms in total. The predicted molar refractivity (Wildman–Crippen MR) is 102 cm³/mol. The van der Waals surface area contributed by atoms with Gasteiger partial charge in [0.15, 0.2) is 0 Å². The van der Waals surface area contributed by atoms with Crippen LogP contribution in [0.5, 0.6) is 5.75 Å². The smallest absolute Gasteiger partial charge is 0.230 e. The summed E-state index contributed by atoms with van der Waals surface area (Å²) >= 11 is 1.59. The topological polar surface area (TPSA) is 38.3 Å². The molecule has 4 heteroatoms. The Hall–Kier alpha value is -1.94. The van der Waals surface area contributed by atoms with E-state index in [4.69, 9.17) is 4.74 Å². The van der Waals surface area contributed by atoms with Crippen molar-refractivity contribution in [3.63, 3.8) is 0 Å². The average Bonchev–Trinajstić information content (AvgIpc) is 2.57. The summed E-state index contributed by atoms with van der Waals surface area (Å²) in [6.07, 6.45) is 0. The van der Waals surface area contributed by atoms with Gasteiger partial charge in [-0.1, -0.05) is 48.5 Å². The number of amides is 1. The Kier molecular flexibility index (Phi) is 7.19. The van der Waals surface area contributed by atoms with Gasteiger partial charge in [0.25, 0.3) is 0 Å². The number of carbonyl (C=O) groups is 1. The number of benzene rings is 2. The first-order valence-corrected chi connectivity index (χ1v) is 9.34. The molecule has 128 valence electrons. The Balaban J connectivity index is 1.66. The Morgan fingerprint density at radius 3 is 2.42 bits per heavy atom. The summed E-state index contributed by atoms with van der Waals surface area (Å²) in [6.45, 7) is 6.71. The molecule has 0 aliphatic rings. The fourth-order valence-electron chi connectivity index (χ4n) is 2.50. The van der Waals surface area contributed by atoms with Crippen molar-refractivity contribution < 1.29 is 9.53 Å². The van der Waals surface area contributed by atoms with Crippen LogP contribution in [0.2, 0.25) is 0 Å². The predicted octanol–water partition coefficient (Wildman–Crippen LogP) is 4.29. The number of carbonyl (C=O) groups excluding carboxylic acids is 1. The van der Waals surface area contributed by atoms with Gasteiger partial charge in [-0.15, -0.1) is 11.8 Å². The maximum absolute atomic E-state index is 12.0. The van der Waals surface area contributed by atoms with Gasteiger partial charge in [0, 0.05) is 5.75 Å². The summed E-state index contributed by atoms with van der Waals surface area (Å²) in [4.78, 5) is 12.0. The van der Waals surface area contributed by atoms with Crippen molar-refractivity contribution in [3.8, 4) is 5.75 Å². The Morgan fingerprint density at radius 1 is 1.08 bits per heavy atom. The fraction of sp³-hybridized carbons (Fsp3) is 0.350. The van der Waals surface area contributed by atoms with Crippen molar-refractivity contribution in [1.82, 2.24) is 5.32 Å². The van der Waals surface area contributed by atoms with Crippen molar-refractivity contribution in [3.05, 3.63) is 65.2 Å². The van der Waals surface area contributed by atoms with Crippen LogP contribution in [0, 0.1) is 13.8 Å². The maximum atomic E-state index is 12.0. The molecule has 0 bridgehead atoms. The van der Waals surface area contributed by atoms with Crippen molar-refractivity contribution in [2.45, 2.75) is 26.8 Å². The lowest BCUT2D eigenvalue weighted by Crippen LogP contribution is -2.28. The molecule has 2 rings (SSSR count). The van der Waals surface area contributed by atoms with Crippen LogP contribution < -0.4 is 10.1 Å². The van der Waals surface area contributed by atoms with E-state index in [1.54, 1.807) is 11.8 Å². The molecule has 24 heavy (non-hydrogen) atoms. The highest BCUT2D eigenvalue weighted by molar-refractivity contribution is 7.99. The minimum atomic E-state index is 0.0326. The Bertz CT molecular complexity index is 638. The van der Waals surface area contributed by atoms with Gasteiger partial charge in [0.1, 0.15) is 5.75 Å². The molecule has 0 heterocycles. The highest BCUT2D eigenvalue weighted by atomic mass is 32.2. The summed E-state index contributed by atoms with van der Waals surface area (Å²) in [5.74, 6) is 2.26. The third kappa shape index (κ3) is 5.60. The van der Waals surface area contributed by atoms with Gasteiger partial charge < -0.3 is 10.1 Å². The molecule has 0 fully saturated rings. The number of aryl methyl sites for hydroxylation is 2. The minimum absolute atomic E-state index is 0.0326. The molecule has 0 radical (unpaired) electrons. The van der Waals surface area contributed by atoms with E-state index in [9.17, 15) is 4.79 Å². The monoisotopic (exact) mass is 343 g/mol. The summed E-state index contributed by atoms with van der Waals surface area (Å²) in [5, 5.41) is 3.02. The Morgan fingerprint density at radius 2 is 1.75 bits per heavy atom. The molecule has 1 unspecified atom stereocenters. The second-order valence-corrected chi connectivity index (χ2v) is 6.93. The second-order valence-electron chi connectivity index (χ2n) is 5.82. The molecule has 0 aliphatic carbocycles. The van der Waals surface area contributed by atoms with Crippen LogP contribution in [-0.4, -0.2) is 24.0 Å². The van der Waals surface area contributed by atoms with E-state index < -0.39 is 0 Å². The molecule has 1 N–H and O–H groups in total. The van der Waals surface area contributed by atoms with Gasteiger partial charge in [0.05, 0.1) is 18.4 Å². The highest BCUT2D eigenvalue weighted by Crippen LogP contribution is 2.22. The number of hydrogen-bond donors (Lipinski definition) is 1. The van der Waals surface area contributed by atoms with Crippen molar-refractivity contribution in [2.75, 3.05) is 18.1 Å². The molecule has 0 saturated carbocycles. The number of hydrogen-bond acceptors (Lipinski definition) is 3. The van der Waals surface area contributed by atoms with Crippen LogP contribution in [0.15, 0.2) is 48.5 Å². The zero-order valence-corrected chi connectivity index (χ0v) is 15.4. The molecule has 0 spiro atoms. The first-order chi connectivity index (χ1) is 11.6. The first kappa shape index (κ1) is 18.4. The molecule has 0 aromatic heterocycles. The van der Waals surface area contributed by atoms with Gasteiger partial charge in [-0.05, 0) is 37.5 Å². The van der Waals surface area contributed by atoms with Gasteiger partial charge >= 0.3 is 0 Å². The highest BCUT2D eigenvalue weighted by Gasteiger charge is 2.09. The second kappa shape index (κ2) is 9.38. The van der Waals surface area contributed by atoms with E-state index in [0.29, 0.717) is 12.4 Å². The lowest BCUT2D eigenvalue weighted by atomic mass is 10.1. The van der Waals surface area contributed by atoms with E-state index in [1.165, 1.54) is 0 Å². The zero-order chi connectivity index (χ0) is 17.4. The molecule has 2 aromatic rings. The lowest BCUT2D eigenvalue weighted by Gasteiger charge is -2.14. The molecule has 1 atom stereocenters. The SMILES string of the molecule is Cc1cccc(C)c1OCCSCC(=O)NC(C)c1ccccc1. The number of nitrogens with one attached hydrogen (secondary N) is 1. The van der Waals surface area contributed by atoms with Crippen molar-refractivity contribution in [2.24, 2.45) is 0 Å². The van der Waals surface area contributed by atoms with Crippen LogP contribution >= 0.6 is 11.8 Å². The minimum Gasteiger partial charge on any atom is -0.492 e. The van der Waals surface area contributed by atoms with Gasteiger partial charge in [-0.3, -0.25) is 4.79 Å². The molecule has 0 aliphatic heterocycles. The standard InChI is InChI=1S/C20H25NO2S/c1-15-8-7-9-16(2)20(15)23-12-13-24-14-19(22)21-17(3)18-10-5-4-6-11-18/h4-11,17H,12-14H2,1-3H3,(H,21,22). The van der Waals surface area contributed by atoms with Gasteiger partial charge in [-0.25, -0.2) is 0 Å².